The number of hydrogen-bond acceptors (Lipinski definition) is 4. The Labute approximate surface area is 81.4 Å². The van der Waals surface area contributed by atoms with Crippen LogP contribution < -0.4 is 0 Å². The summed E-state index contributed by atoms with van der Waals surface area (Å²) in [5.74, 6) is 1.58. The third-order valence-electron chi connectivity index (χ3n) is 3.96. The lowest BCUT2D eigenvalue weighted by Gasteiger charge is -2.15. The summed E-state index contributed by atoms with van der Waals surface area (Å²) in [6, 6.07) is 0. The van der Waals surface area contributed by atoms with Gasteiger partial charge in [-0.15, -0.1) is 0 Å². The fourth-order valence-electron chi connectivity index (χ4n) is 3.24. The lowest BCUT2D eigenvalue weighted by atomic mass is 9.89. The maximum absolute atomic E-state index is 9.10. The van der Waals surface area contributed by atoms with Crippen LogP contribution in [0, 0.1) is 23.7 Å². The second-order valence-corrected chi connectivity index (χ2v) is 4.52. The molecule has 1 saturated carbocycles. The fourth-order valence-corrected chi connectivity index (χ4v) is 3.24. The van der Waals surface area contributed by atoms with Gasteiger partial charge >= 0.3 is 0 Å². The molecule has 1 N–H and O–H groups in total. The van der Waals surface area contributed by atoms with Gasteiger partial charge in [-0.2, -0.15) is 0 Å². The zero-order chi connectivity index (χ0) is 9.28. The molecule has 3 fully saturated rings. The molecule has 4 aliphatic rings. The molecule has 4 heteroatoms. The van der Waals surface area contributed by atoms with Gasteiger partial charge in [0.1, 0.15) is 0 Å². The lowest BCUT2D eigenvalue weighted by Crippen LogP contribution is -2.21. The van der Waals surface area contributed by atoms with Crippen LogP contribution in [0.3, 0.4) is 0 Å². The Morgan fingerprint density at radius 1 is 1.14 bits per heavy atom. The minimum absolute atomic E-state index is 0.0900. The quantitative estimate of drug-likeness (QED) is 0.645. The molecule has 1 aliphatic carbocycles. The molecule has 0 aromatic heterocycles. The predicted octanol–water partition coefficient (Wildman–Crippen LogP) is 0.0822. The molecule has 76 valence electrons. The first-order valence-corrected chi connectivity index (χ1v) is 5.14. The highest BCUT2D eigenvalue weighted by atomic mass is 16.8. The number of rotatable bonds is 1. The van der Waals surface area contributed by atoms with Crippen LogP contribution in [-0.4, -0.2) is 30.4 Å². The van der Waals surface area contributed by atoms with Gasteiger partial charge in [0, 0.05) is 24.4 Å². The van der Waals surface area contributed by atoms with E-state index in [2.05, 4.69) is 6.08 Å². The predicted molar refractivity (Wildman–Crippen MR) is 44.8 cm³/mol. The minimum atomic E-state index is -0.133. The van der Waals surface area contributed by atoms with E-state index < -0.39 is 0 Å². The van der Waals surface area contributed by atoms with Crippen LogP contribution in [0.5, 0.6) is 0 Å². The van der Waals surface area contributed by atoms with Crippen LogP contribution in [0.25, 0.3) is 0 Å². The van der Waals surface area contributed by atoms with Crippen molar-refractivity contribution in [2.45, 2.75) is 18.7 Å². The largest absolute Gasteiger partial charge is 0.472 e. The van der Waals surface area contributed by atoms with Crippen molar-refractivity contribution >= 4 is 0 Å². The first kappa shape index (κ1) is 7.68. The first-order chi connectivity index (χ1) is 6.90. The van der Waals surface area contributed by atoms with Gasteiger partial charge in [-0.05, 0) is 6.08 Å². The molecule has 2 saturated heterocycles. The van der Waals surface area contributed by atoms with Crippen LogP contribution in [0.15, 0.2) is 12.3 Å². The lowest BCUT2D eigenvalue weighted by molar-refractivity contribution is -0.190. The van der Waals surface area contributed by atoms with Crippen molar-refractivity contribution in [2.24, 2.45) is 23.7 Å². The number of aliphatic hydroxyl groups is 1. The van der Waals surface area contributed by atoms with Gasteiger partial charge in [-0.3, -0.25) is 0 Å². The van der Waals surface area contributed by atoms with Crippen molar-refractivity contribution in [1.29, 1.82) is 0 Å². The third-order valence-corrected chi connectivity index (χ3v) is 3.96. The van der Waals surface area contributed by atoms with E-state index in [1.807, 2.05) is 0 Å². The van der Waals surface area contributed by atoms with Gasteiger partial charge in [0.25, 0.3) is 0 Å². The fraction of sp³-hybridized carbons (Fsp3) is 0.800. The molecule has 3 aliphatic heterocycles. The van der Waals surface area contributed by atoms with Crippen molar-refractivity contribution in [3.8, 4) is 0 Å². The zero-order valence-corrected chi connectivity index (χ0v) is 7.58. The standard InChI is InChI=1S/C10H12O4/c11-3-5-6-7-4-1-2-12-9(4)14-10(7)13-8(5)6/h1-2,4-11H,3H2/t4-,5-,6+,7+,8+,9+,10+/m1/s1. The smallest absolute Gasteiger partial charge is 0.208 e. The molecule has 0 aromatic rings. The molecule has 4 nitrogen and oxygen atoms in total. The zero-order valence-electron chi connectivity index (χ0n) is 7.58. The van der Waals surface area contributed by atoms with Crippen molar-refractivity contribution in [2.75, 3.05) is 6.61 Å². The van der Waals surface area contributed by atoms with E-state index in [0.29, 0.717) is 23.7 Å². The number of fused-ring (bicyclic) bond motifs is 5. The average molecular weight is 196 g/mol. The Hall–Kier alpha value is -0.580. The molecule has 4 rings (SSSR count). The number of aliphatic hydroxyl groups excluding tert-OH is 1. The molecular formula is C10H12O4. The summed E-state index contributed by atoms with van der Waals surface area (Å²) in [7, 11) is 0. The van der Waals surface area contributed by atoms with Gasteiger partial charge in [0.2, 0.25) is 6.29 Å². The molecule has 0 spiro atoms. The maximum atomic E-state index is 9.10. The number of ether oxygens (including phenoxy) is 3. The number of hydrogen-bond donors (Lipinski definition) is 1. The van der Waals surface area contributed by atoms with E-state index in [-0.39, 0.29) is 25.3 Å². The topological polar surface area (TPSA) is 47.9 Å². The highest BCUT2D eigenvalue weighted by Gasteiger charge is 2.69. The van der Waals surface area contributed by atoms with Gasteiger partial charge in [-0.25, -0.2) is 0 Å². The van der Waals surface area contributed by atoms with Crippen molar-refractivity contribution in [1.82, 2.24) is 0 Å². The summed E-state index contributed by atoms with van der Waals surface area (Å²) in [5.41, 5.74) is 0. The van der Waals surface area contributed by atoms with Crippen LogP contribution in [0.4, 0.5) is 0 Å². The average Bonchev–Trinajstić information content (AvgIpc) is 2.57. The van der Waals surface area contributed by atoms with Crippen molar-refractivity contribution < 1.29 is 19.3 Å². The van der Waals surface area contributed by atoms with Crippen LogP contribution in [-0.2, 0) is 14.2 Å². The Kier molecular flexibility index (Phi) is 1.27. The summed E-state index contributed by atoms with van der Waals surface area (Å²) >= 11 is 0. The summed E-state index contributed by atoms with van der Waals surface area (Å²) in [5, 5.41) is 9.10. The Balaban J connectivity index is 1.63. The van der Waals surface area contributed by atoms with E-state index in [0.717, 1.165) is 0 Å². The molecule has 14 heavy (non-hydrogen) atoms. The van der Waals surface area contributed by atoms with E-state index in [1.165, 1.54) is 0 Å². The molecular weight excluding hydrogens is 184 g/mol. The SMILES string of the molecule is OC[C@H]1[C@@H]2O[C@H]3O[C@@H]4OC=C[C@@H]4[C@H]3[C@H]12. The van der Waals surface area contributed by atoms with Gasteiger partial charge < -0.3 is 19.3 Å². The van der Waals surface area contributed by atoms with Crippen molar-refractivity contribution in [3.05, 3.63) is 12.3 Å². The van der Waals surface area contributed by atoms with Crippen LogP contribution in [0.1, 0.15) is 0 Å². The third kappa shape index (κ3) is 0.723. The van der Waals surface area contributed by atoms with Crippen LogP contribution >= 0.6 is 0 Å². The minimum Gasteiger partial charge on any atom is -0.472 e. The summed E-state index contributed by atoms with van der Waals surface area (Å²) in [6.45, 7) is 0.237. The molecule has 0 unspecified atom stereocenters. The monoisotopic (exact) mass is 196 g/mol. The molecule has 7 atom stereocenters. The van der Waals surface area contributed by atoms with Crippen LogP contribution in [0.2, 0.25) is 0 Å². The summed E-state index contributed by atoms with van der Waals surface area (Å²) in [6.07, 6.45) is 3.80. The van der Waals surface area contributed by atoms with Crippen molar-refractivity contribution in [3.63, 3.8) is 0 Å². The first-order valence-electron chi connectivity index (χ1n) is 5.14. The van der Waals surface area contributed by atoms with Gasteiger partial charge in [0.15, 0.2) is 6.29 Å². The highest BCUT2D eigenvalue weighted by Crippen LogP contribution is 2.61. The Bertz CT molecular complexity index is 302. The normalized spacial score (nSPS) is 61.9. The molecule has 3 heterocycles. The molecule has 0 radical (unpaired) electrons. The highest BCUT2D eigenvalue weighted by molar-refractivity contribution is 5.15. The maximum Gasteiger partial charge on any atom is 0.208 e. The molecule has 0 aromatic carbocycles. The van der Waals surface area contributed by atoms with E-state index in [9.17, 15) is 0 Å². The Morgan fingerprint density at radius 2 is 2.07 bits per heavy atom. The van der Waals surface area contributed by atoms with E-state index in [1.54, 1.807) is 6.26 Å². The van der Waals surface area contributed by atoms with E-state index in [4.69, 9.17) is 19.3 Å². The summed E-state index contributed by atoms with van der Waals surface area (Å²) < 4.78 is 16.6. The second kappa shape index (κ2) is 2.32. The second-order valence-electron chi connectivity index (χ2n) is 4.52. The van der Waals surface area contributed by atoms with Gasteiger partial charge in [-0.1, -0.05) is 0 Å². The van der Waals surface area contributed by atoms with Gasteiger partial charge in [0.05, 0.1) is 18.3 Å². The summed E-state index contributed by atoms with van der Waals surface area (Å²) in [4.78, 5) is 0. The molecule has 0 bridgehead atoms. The van der Waals surface area contributed by atoms with E-state index >= 15 is 0 Å². The Morgan fingerprint density at radius 3 is 2.93 bits per heavy atom. The molecule has 0 amide bonds.